The van der Waals surface area contributed by atoms with E-state index in [1.807, 2.05) is 18.2 Å². The molecule has 1 N–H and O–H groups in total. The van der Waals surface area contributed by atoms with Gasteiger partial charge < -0.3 is 10.1 Å². The summed E-state index contributed by atoms with van der Waals surface area (Å²) in [5, 5.41) is 11.3. The average molecular weight is 332 g/mol. The number of rotatable bonds is 7. The Bertz CT molecular complexity index is 793. The minimum absolute atomic E-state index is 0.498. The van der Waals surface area contributed by atoms with E-state index >= 15 is 0 Å². The van der Waals surface area contributed by atoms with Crippen LogP contribution in [0.2, 0.25) is 0 Å². The van der Waals surface area contributed by atoms with Gasteiger partial charge in [0.2, 0.25) is 0 Å². The minimum Gasteiger partial charge on any atom is -0.489 e. The van der Waals surface area contributed by atoms with Crippen LogP contribution in [0.5, 0.6) is 5.75 Å². The number of hydrogen-bond donors (Lipinski definition) is 1. The molecule has 1 aliphatic carbocycles. The summed E-state index contributed by atoms with van der Waals surface area (Å²) in [4.78, 5) is 3.98. The van der Waals surface area contributed by atoms with Gasteiger partial charge in [-0.25, -0.2) is 4.98 Å². The first-order chi connectivity index (χ1) is 12.4. The predicted molar refractivity (Wildman–Crippen MR) is 95.0 cm³/mol. The van der Waals surface area contributed by atoms with Crippen LogP contribution in [-0.4, -0.2) is 21.2 Å². The highest BCUT2D eigenvalue weighted by molar-refractivity contribution is 5.34. The molecule has 126 valence electrons. The summed E-state index contributed by atoms with van der Waals surface area (Å²) in [6.07, 6.45) is 4.35. The van der Waals surface area contributed by atoms with E-state index in [0.29, 0.717) is 25.1 Å². The maximum absolute atomic E-state index is 5.84. The molecule has 5 heteroatoms. The zero-order chi connectivity index (χ0) is 16.9. The number of nitrogens with one attached hydrogen (secondary N) is 1. The predicted octanol–water partition coefficient (Wildman–Crippen LogP) is 3.10. The summed E-state index contributed by atoms with van der Waals surface area (Å²) in [5.74, 6) is 1.47. The largest absolute Gasteiger partial charge is 0.489 e. The molecule has 5 nitrogen and oxygen atoms in total. The molecule has 0 aliphatic heterocycles. The van der Waals surface area contributed by atoms with Gasteiger partial charge in [0.15, 0.2) is 0 Å². The van der Waals surface area contributed by atoms with Crippen molar-refractivity contribution in [2.24, 2.45) is 0 Å². The Morgan fingerprint density at radius 2 is 1.88 bits per heavy atom. The van der Waals surface area contributed by atoms with Crippen molar-refractivity contribution in [1.29, 1.82) is 0 Å². The van der Waals surface area contributed by atoms with Crippen LogP contribution < -0.4 is 10.1 Å². The molecule has 0 spiro atoms. The van der Waals surface area contributed by atoms with E-state index in [1.54, 1.807) is 6.20 Å². The lowest BCUT2D eigenvalue weighted by Gasteiger charge is -2.08. The van der Waals surface area contributed by atoms with Gasteiger partial charge >= 0.3 is 0 Å². The molecule has 2 aromatic carbocycles. The molecule has 0 saturated heterocycles. The molecule has 1 aromatic heterocycles. The molecule has 0 amide bonds. The third kappa shape index (κ3) is 4.19. The van der Waals surface area contributed by atoms with E-state index < -0.39 is 0 Å². The molecule has 2 atom stereocenters. The Balaban J connectivity index is 1.27. The normalized spacial score (nSPS) is 18.7. The van der Waals surface area contributed by atoms with E-state index in [-0.39, 0.29) is 0 Å². The quantitative estimate of drug-likeness (QED) is 0.720. The molecular formula is C20H20N4O. The summed E-state index contributed by atoms with van der Waals surface area (Å²) in [5.41, 5.74) is 3.40. The van der Waals surface area contributed by atoms with E-state index in [4.69, 9.17) is 4.74 Å². The van der Waals surface area contributed by atoms with Crippen LogP contribution in [0.25, 0.3) is 0 Å². The van der Waals surface area contributed by atoms with E-state index in [2.05, 4.69) is 56.9 Å². The van der Waals surface area contributed by atoms with E-state index in [1.165, 1.54) is 17.5 Å². The lowest BCUT2D eigenvalue weighted by Crippen LogP contribution is -2.18. The highest BCUT2D eigenvalue weighted by atomic mass is 16.5. The first-order valence-electron chi connectivity index (χ1n) is 8.50. The molecule has 3 aromatic rings. The zero-order valence-corrected chi connectivity index (χ0v) is 13.9. The topological polar surface area (TPSA) is 59.9 Å². The van der Waals surface area contributed by atoms with Crippen LogP contribution in [0, 0.1) is 0 Å². The van der Waals surface area contributed by atoms with Crippen molar-refractivity contribution in [2.45, 2.75) is 31.5 Å². The van der Waals surface area contributed by atoms with Crippen LogP contribution in [0.3, 0.4) is 0 Å². The van der Waals surface area contributed by atoms with Gasteiger partial charge in [0.1, 0.15) is 18.7 Å². The minimum atomic E-state index is 0.498. The van der Waals surface area contributed by atoms with Crippen LogP contribution in [-0.2, 0) is 13.2 Å². The van der Waals surface area contributed by atoms with Gasteiger partial charge in [-0.3, -0.25) is 0 Å². The number of aromatic nitrogens is 3. The Labute approximate surface area is 147 Å². The van der Waals surface area contributed by atoms with Gasteiger partial charge in [0.05, 0.1) is 11.9 Å². The zero-order valence-electron chi connectivity index (χ0n) is 13.9. The summed E-state index contributed by atoms with van der Waals surface area (Å²) in [6.45, 7) is 1.31. The van der Waals surface area contributed by atoms with Gasteiger partial charge in [-0.05, 0) is 29.7 Å². The summed E-state index contributed by atoms with van der Waals surface area (Å²) >= 11 is 0. The summed E-state index contributed by atoms with van der Waals surface area (Å²) in [7, 11) is 0. The lowest BCUT2D eigenvalue weighted by atomic mass is 10.1. The highest BCUT2D eigenvalue weighted by Crippen LogP contribution is 2.41. The Hall–Kier alpha value is -2.79. The molecule has 1 aliphatic rings. The van der Waals surface area contributed by atoms with Crippen molar-refractivity contribution in [3.05, 3.63) is 83.9 Å². The molecule has 1 heterocycles. The first kappa shape index (κ1) is 15.7. The van der Waals surface area contributed by atoms with Crippen molar-refractivity contribution in [3.8, 4) is 5.75 Å². The van der Waals surface area contributed by atoms with Crippen LogP contribution in [0.1, 0.15) is 29.2 Å². The fourth-order valence-corrected chi connectivity index (χ4v) is 2.93. The van der Waals surface area contributed by atoms with Crippen molar-refractivity contribution in [2.75, 3.05) is 0 Å². The molecule has 25 heavy (non-hydrogen) atoms. The summed E-state index contributed by atoms with van der Waals surface area (Å²) < 4.78 is 5.84. The fourth-order valence-electron chi connectivity index (χ4n) is 2.93. The molecule has 0 radical (unpaired) electrons. The second kappa shape index (κ2) is 7.40. The monoisotopic (exact) mass is 332 g/mol. The van der Waals surface area contributed by atoms with Crippen molar-refractivity contribution >= 4 is 0 Å². The molecule has 1 fully saturated rings. The fraction of sp³-hybridized carbons (Fsp3) is 0.250. The molecule has 1 saturated carbocycles. The maximum atomic E-state index is 5.84. The third-order valence-corrected chi connectivity index (χ3v) is 4.42. The van der Waals surface area contributed by atoms with Crippen LogP contribution in [0.4, 0.5) is 0 Å². The SMILES string of the molecule is c1ccc(COc2ccc([C@@H]3C[C@H]3NCc3cncnn3)cc2)cc1. The van der Waals surface area contributed by atoms with E-state index in [9.17, 15) is 0 Å². The van der Waals surface area contributed by atoms with Gasteiger partial charge in [0.25, 0.3) is 0 Å². The standard InChI is InChI=1S/C20H20N4O/c1-2-4-15(5-3-1)13-25-18-8-6-16(7-9-18)19-10-20(19)22-12-17-11-21-14-23-24-17/h1-9,11,14,19-20,22H,10,12-13H2/t19-,20+/m0/s1. The molecule has 0 bridgehead atoms. The lowest BCUT2D eigenvalue weighted by molar-refractivity contribution is 0.306. The molecular weight excluding hydrogens is 312 g/mol. The van der Waals surface area contributed by atoms with Crippen molar-refractivity contribution in [1.82, 2.24) is 20.5 Å². The molecule has 4 rings (SSSR count). The van der Waals surface area contributed by atoms with Gasteiger partial charge in [-0.15, -0.1) is 5.10 Å². The first-order valence-corrected chi connectivity index (χ1v) is 8.50. The van der Waals surface area contributed by atoms with Gasteiger partial charge in [-0.2, -0.15) is 5.10 Å². The van der Waals surface area contributed by atoms with Crippen LogP contribution >= 0.6 is 0 Å². The average Bonchev–Trinajstić information content (AvgIpc) is 3.47. The number of nitrogens with zero attached hydrogens (tertiary/aromatic N) is 3. The third-order valence-electron chi connectivity index (χ3n) is 4.42. The van der Waals surface area contributed by atoms with Crippen molar-refractivity contribution < 1.29 is 4.74 Å². The van der Waals surface area contributed by atoms with Gasteiger partial charge in [-0.1, -0.05) is 42.5 Å². The smallest absolute Gasteiger partial charge is 0.138 e. The Morgan fingerprint density at radius 1 is 1.04 bits per heavy atom. The highest BCUT2D eigenvalue weighted by Gasteiger charge is 2.37. The van der Waals surface area contributed by atoms with E-state index in [0.717, 1.165) is 17.9 Å². The maximum Gasteiger partial charge on any atom is 0.138 e. The number of ether oxygens (including phenoxy) is 1. The van der Waals surface area contributed by atoms with Gasteiger partial charge in [0, 0.05) is 18.5 Å². The molecule has 0 unspecified atom stereocenters. The number of hydrogen-bond acceptors (Lipinski definition) is 5. The van der Waals surface area contributed by atoms with Crippen molar-refractivity contribution in [3.63, 3.8) is 0 Å². The number of benzene rings is 2. The second-order valence-electron chi connectivity index (χ2n) is 6.27. The Kier molecular flexibility index (Phi) is 4.65. The van der Waals surface area contributed by atoms with Crippen LogP contribution in [0.15, 0.2) is 67.1 Å². The second-order valence-corrected chi connectivity index (χ2v) is 6.27. The summed E-state index contributed by atoms with van der Waals surface area (Å²) in [6, 6.07) is 19.1. The Morgan fingerprint density at radius 3 is 2.64 bits per heavy atom.